The van der Waals surface area contributed by atoms with Crippen LogP contribution >= 0.6 is 0 Å². The summed E-state index contributed by atoms with van der Waals surface area (Å²) in [5.74, 6) is 0. The van der Waals surface area contributed by atoms with Crippen LogP contribution in [0.1, 0.15) is 16.4 Å². The van der Waals surface area contributed by atoms with E-state index < -0.39 is 72.5 Å². The third-order valence-electron chi connectivity index (χ3n) is 2.75. The molecule has 0 bridgehead atoms. The monoisotopic (exact) mass is 240 g/mol. The first-order chi connectivity index (χ1) is 13.9. The maximum atomic E-state index is 8.46. The number of hydrogen-bond donors (Lipinski definition) is 0. The normalized spacial score (nSPS) is 20.7. The van der Waals surface area contributed by atoms with Crippen molar-refractivity contribution in [3.05, 3.63) is 72.5 Å². The van der Waals surface area contributed by atoms with Gasteiger partial charge in [-0.05, 0) is 32.3 Å². The molecule has 0 spiro atoms. The lowest BCUT2D eigenvalue weighted by Crippen LogP contribution is -1.79. The third-order valence-corrected chi connectivity index (χ3v) is 2.75. The molecule has 0 aliphatic heterocycles. The van der Waals surface area contributed by atoms with Gasteiger partial charge in [0.1, 0.15) is 0 Å². The summed E-state index contributed by atoms with van der Waals surface area (Å²) >= 11 is 0. The summed E-state index contributed by atoms with van der Waals surface area (Å²) in [6.07, 6.45) is 0. The van der Waals surface area contributed by atoms with E-state index in [9.17, 15) is 0 Å². The van der Waals surface area contributed by atoms with Crippen LogP contribution in [-0.4, -0.2) is 0 Å². The molecule has 0 aliphatic carbocycles. The van der Waals surface area contributed by atoms with Crippen LogP contribution in [0.4, 0.5) is 0 Å². The summed E-state index contributed by atoms with van der Waals surface area (Å²) < 4.78 is 98.1. The van der Waals surface area contributed by atoms with Crippen molar-refractivity contribution >= 4 is 32.3 Å². The van der Waals surface area contributed by atoms with Gasteiger partial charge >= 0.3 is 0 Å². The van der Waals surface area contributed by atoms with Gasteiger partial charge in [-0.15, -0.1) is 0 Å². The van der Waals surface area contributed by atoms with Crippen LogP contribution < -0.4 is 0 Å². The van der Waals surface area contributed by atoms with Gasteiger partial charge in [0.25, 0.3) is 0 Å². The fourth-order valence-corrected chi connectivity index (χ4v) is 1.94. The van der Waals surface area contributed by atoms with E-state index in [0.29, 0.717) is 0 Å². The Morgan fingerprint density at radius 2 is 0.889 bits per heavy atom. The van der Waals surface area contributed by atoms with Crippen LogP contribution in [-0.2, 0) is 0 Å². The Hall–Kier alpha value is -2.34. The van der Waals surface area contributed by atoms with E-state index in [4.69, 9.17) is 16.4 Å². The van der Waals surface area contributed by atoms with Crippen LogP contribution in [0, 0.1) is 0 Å². The van der Waals surface area contributed by atoms with Gasteiger partial charge < -0.3 is 0 Å². The molecule has 0 atom stereocenters. The van der Waals surface area contributed by atoms with Crippen LogP contribution in [0.15, 0.2) is 72.5 Å². The predicted molar refractivity (Wildman–Crippen MR) is 79.0 cm³/mol. The SMILES string of the molecule is [2H]c1c([2H])c([2H])c2c(c1[2H])c([2H])c([2H])c1c3c([2H])c([2H])c([2H])c([2H])c3c([2H])c([2H])c21. The van der Waals surface area contributed by atoms with Gasteiger partial charge in [-0.1, -0.05) is 72.5 Å². The maximum absolute atomic E-state index is 8.46. The lowest BCUT2D eigenvalue weighted by molar-refractivity contribution is 1.77. The van der Waals surface area contributed by atoms with Crippen LogP contribution in [0.3, 0.4) is 0 Å². The molecule has 0 radical (unpaired) electrons. The predicted octanol–water partition coefficient (Wildman–Crippen LogP) is 5.15. The Labute approximate surface area is 122 Å². The van der Waals surface area contributed by atoms with E-state index in [-0.39, 0.29) is 32.3 Å². The van der Waals surface area contributed by atoms with Crippen molar-refractivity contribution in [2.75, 3.05) is 0 Å². The van der Waals surface area contributed by atoms with E-state index in [1.807, 2.05) is 0 Å². The van der Waals surface area contributed by atoms with Crippen LogP contribution in [0.5, 0.6) is 0 Å². The molecule has 0 N–H and O–H groups in total. The number of hydrogen-bond acceptors (Lipinski definition) is 0. The topological polar surface area (TPSA) is 0 Å². The van der Waals surface area contributed by atoms with Crippen LogP contribution in [0.2, 0.25) is 0 Å². The molecule has 0 amide bonds. The van der Waals surface area contributed by atoms with Crippen molar-refractivity contribution in [3.8, 4) is 0 Å². The summed E-state index contributed by atoms with van der Waals surface area (Å²) in [5, 5.41) is -1.39. The lowest BCUT2D eigenvalue weighted by atomic mass is 9.97. The molecule has 18 heavy (non-hydrogen) atoms. The molecule has 0 saturated carbocycles. The highest BCUT2D eigenvalue weighted by molar-refractivity contribution is 6.17. The molecular formula is C18H12. The lowest BCUT2D eigenvalue weighted by Gasteiger charge is -2.07. The van der Waals surface area contributed by atoms with E-state index in [0.717, 1.165) is 0 Å². The van der Waals surface area contributed by atoms with Crippen molar-refractivity contribution in [1.82, 2.24) is 0 Å². The molecule has 0 nitrogen and oxygen atoms in total. The molecule has 84 valence electrons. The first-order valence-electron chi connectivity index (χ1n) is 11.2. The van der Waals surface area contributed by atoms with Crippen molar-refractivity contribution < 1.29 is 16.4 Å². The zero-order valence-corrected chi connectivity index (χ0v) is 9.00. The van der Waals surface area contributed by atoms with E-state index in [1.165, 1.54) is 0 Å². The molecule has 4 rings (SSSR count). The molecule has 0 heterocycles. The van der Waals surface area contributed by atoms with Crippen molar-refractivity contribution in [2.24, 2.45) is 0 Å². The Kier molecular flexibility index (Phi) is 0.711. The number of fused-ring (bicyclic) bond motifs is 5. The van der Waals surface area contributed by atoms with E-state index in [2.05, 4.69) is 0 Å². The average molecular weight is 240 g/mol. The summed E-state index contributed by atoms with van der Waals surface area (Å²) in [6.45, 7) is 0. The van der Waals surface area contributed by atoms with Gasteiger partial charge in [0.05, 0.1) is 16.4 Å². The Morgan fingerprint density at radius 3 is 1.39 bits per heavy atom. The third kappa shape index (κ3) is 1.26. The van der Waals surface area contributed by atoms with Gasteiger partial charge in [-0.25, -0.2) is 0 Å². The largest absolute Gasteiger partial charge is 0.0630 e. The van der Waals surface area contributed by atoms with Gasteiger partial charge in [0, 0.05) is 0 Å². The molecule has 0 saturated heterocycles. The molecule has 0 fully saturated rings. The fourth-order valence-electron chi connectivity index (χ4n) is 1.94. The molecular weight excluding hydrogens is 216 g/mol. The minimum atomic E-state index is -0.605. The van der Waals surface area contributed by atoms with E-state index in [1.54, 1.807) is 0 Å². The minimum absolute atomic E-state index is 0.208. The smallest absolute Gasteiger partial charge is 0.0616 e. The van der Waals surface area contributed by atoms with Crippen molar-refractivity contribution in [3.63, 3.8) is 0 Å². The molecule has 0 aromatic heterocycles. The Morgan fingerprint density at radius 1 is 0.444 bits per heavy atom. The van der Waals surface area contributed by atoms with Gasteiger partial charge in [-0.3, -0.25) is 0 Å². The van der Waals surface area contributed by atoms with Gasteiger partial charge in [-0.2, -0.15) is 0 Å². The van der Waals surface area contributed by atoms with E-state index >= 15 is 0 Å². The second-order valence-corrected chi connectivity index (χ2v) is 3.75. The maximum Gasteiger partial charge on any atom is 0.0630 e. The summed E-state index contributed by atoms with van der Waals surface area (Å²) in [7, 11) is 0. The zero-order chi connectivity index (χ0) is 22.4. The summed E-state index contributed by atoms with van der Waals surface area (Å²) in [6, 6.07) is -6.75. The molecule has 0 aliphatic rings. The Bertz CT molecular complexity index is 1340. The summed E-state index contributed by atoms with van der Waals surface area (Å²) in [5.41, 5.74) is 0. The number of benzene rings is 4. The highest BCUT2D eigenvalue weighted by Crippen LogP contribution is 2.30. The summed E-state index contributed by atoms with van der Waals surface area (Å²) in [4.78, 5) is 0. The fraction of sp³-hybridized carbons (Fsp3) is 0. The van der Waals surface area contributed by atoms with Crippen LogP contribution in [0.25, 0.3) is 32.3 Å². The molecule has 4 aromatic rings. The Balaban J connectivity index is 2.56. The van der Waals surface area contributed by atoms with Gasteiger partial charge in [0.15, 0.2) is 0 Å². The van der Waals surface area contributed by atoms with Crippen molar-refractivity contribution in [1.29, 1.82) is 0 Å². The first-order valence-corrected chi connectivity index (χ1v) is 5.25. The zero-order valence-electron chi connectivity index (χ0n) is 21.0. The number of rotatable bonds is 0. The average Bonchev–Trinajstić information content (AvgIpc) is 2.71. The molecule has 4 aromatic carbocycles. The molecule has 0 unspecified atom stereocenters. The highest BCUT2D eigenvalue weighted by atomic mass is 14.1. The highest BCUT2D eigenvalue weighted by Gasteiger charge is 2.03. The van der Waals surface area contributed by atoms with Crippen molar-refractivity contribution in [2.45, 2.75) is 0 Å². The first kappa shape index (κ1) is 3.58. The second-order valence-electron chi connectivity index (χ2n) is 3.75. The quantitative estimate of drug-likeness (QED) is 0.373. The minimum Gasteiger partial charge on any atom is -0.0616 e. The van der Waals surface area contributed by atoms with Gasteiger partial charge in [0.2, 0.25) is 0 Å². The standard InChI is InChI=1S/C18H12/c1-3-7-15-13(5-1)9-11-18-16-8-4-2-6-14(16)10-12-17(15)18/h1-12H/i1D,2D,3D,4D,5D,6D,7D,8D,9D,10D,11D,12D. The molecule has 0 heteroatoms. The second kappa shape index (κ2) is 3.58.